The van der Waals surface area contributed by atoms with Crippen LogP contribution in [-0.4, -0.2) is 56.9 Å². The molecule has 0 spiro atoms. The Balaban J connectivity index is 2.05. The van der Waals surface area contributed by atoms with Gasteiger partial charge in [0.15, 0.2) is 8.32 Å². The van der Waals surface area contributed by atoms with Gasteiger partial charge in [0.2, 0.25) is 0 Å². The van der Waals surface area contributed by atoms with Crippen molar-refractivity contribution in [1.82, 2.24) is 5.06 Å². The lowest BCUT2D eigenvalue weighted by molar-refractivity contribution is -0.176. The minimum Gasteiger partial charge on any atom is -0.452 e. The predicted molar refractivity (Wildman–Crippen MR) is 98.9 cm³/mol. The maximum absolute atomic E-state index is 12.3. The van der Waals surface area contributed by atoms with E-state index in [4.69, 9.17) is 18.7 Å². The SMILES string of the molecule is CC(C)(C)OC(=O)N1CC2OC(=O)C(CO[Si](C)(C)C(C)(C)C)=C2CO1. The quantitative estimate of drug-likeness (QED) is 0.547. The molecule has 8 heteroatoms. The summed E-state index contributed by atoms with van der Waals surface area (Å²) in [7, 11) is -1.98. The summed E-state index contributed by atoms with van der Waals surface area (Å²) in [6, 6.07) is 0. The highest BCUT2D eigenvalue weighted by Crippen LogP contribution is 2.37. The molecule has 0 aliphatic carbocycles. The summed E-state index contributed by atoms with van der Waals surface area (Å²) in [4.78, 5) is 29.9. The average Bonchev–Trinajstić information content (AvgIpc) is 2.76. The van der Waals surface area contributed by atoms with Gasteiger partial charge in [-0.1, -0.05) is 20.8 Å². The van der Waals surface area contributed by atoms with E-state index in [1.165, 1.54) is 0 Å². The number of carbonyl (C=O) groups excluding carboxylic acids is 2. The van der Waals surface area contributed by atoms with Crippen molar-refractivity contribution in [3.05, 3.63) is 11.1 Å². The van der Waals surface area contributed by atoms with Crippen molar-refractivity contribution in [2.75, 3.05) is 19.8 Å². The Morgan fingerprint density at radius 3 is 2.38 bits per heavy atom. The third kappa shape index (κ3) is 4.66. The molecule has 0 aromatic rings. The first-order valence-electron chi connectivity index (χ1n) is 8.91. The van der Waals surface area contributed by atoms with Crippen LogP contribution in [-0.2, 0) is 23.5 Å². The van der Waals surface area contributed by atoms with Crippen molar-refractivity contribution in [1.29, 1.82) is 0 Å². The molecule has 7 nitrogen and oxygen atoms in total. The highest BCUT2D eigenvalue weighted by molar-refractivity contribution is 6.74. The summed E-state index contributed by atoms with van der Waals surface area (Å²) >= 11 is 0. The summed E-state index contributed by atoms with van der Waals surface area (Å²) in [6.45, 7) is 16.5. The molecule has 0 aromatic carbocycles. The maximum Gasteiger partial charge on any atom is 0.434 e. The average molecular weight is 386 g/mol. The molecule has 2 aliphatic heterocycles. The smallest absolute Gasteiger partial charge is 0.434 e. The molecule has 1 atom stereocenters. The van der Waals surface area contributed by atoms with Gasteiger partial charge in [0.25, 0.3) is 0 Å². The van der Waals surface area contributed by atoms with Crippen LogP contribution in [0.5, 0.6) is 0 Å². The highest BCUT2D eigenvalue weighted by atomic mass is 28.4. The van der Waals surface area contributed by atoms with Crippen molar-refractivity contribution in [3.8, 4) is 0 Å². The van der Waals surface area contributed by atoms with Gasteiger partial charge in [-0.25, -0.2) is 9.59 Å². The summed E-state index contributed by atoms with van der Waals surface area (Å²) in [5.41, 5.74) is 0.655. The van der Waals surface area contributed by atoms with Gasteiger partial charge in [-0.2, -0.15) is 5.06 Å². The van der Waals surface area contributed by atoms with E-state index in [2.05, 4.69) is 33.9 Å². The van der Waals surface area contributed by atoms with Gasteiger partial charge in [0.1, 0.15) is 18.3 Å². The number of nitrogens with zero attached hydrogens (tertiary/aromatic N) is 1. The van der Waals surface area contributed by atoms with Crippen molar-refractivity contribution in [2.24, 2.45) is 0 Å². The summed E-state index contributed by atoms with van der Waals surface area (Å²) in [6.07, 6.45) is -1.08. The molecule has 26 heavy (non-hydrogen) atoms. The van der Waals surface area contributed by atoms with Crippen molar-refractivity contribution < 1.29 is 28.3 Å². The fourth-order valence-electron chi connectivity index (χ4n) is 2.34. The highest BCUT2D eigenvalue weighted by Gasteiger charge is 2.43. The lowest BCUT2D eigenvalue weighted by Crippen LogP contribution is -2.46. The molecule has 1 saturated heterocycles. The van der Waals surface area contributed by atoms with Crippen LogP contribution in [0.1, 0.15) is 41.5 Å². The fourth-order valence-corrected chi connectivity index (χ4v) is 3.27. The Hall–Kier alpha value is -1.38. The Bertz CT molecular complexity index is 614. The molecule has 148 valence electrons. The van der Waals surface area contributed by atoms with Crippen LogP contribution in [0.15, 0.2) is 11.1 Å². The van der Waals surface area contributed by atoms with Crippen LogP contribution in [0.25, 0.3) is 0 Å². The second-order valence-electron chi connectivity index (χ2n) is 9.26. The van der Waals surface area contributed by atoms with Gasteiger partial charge < -0.3 is 13.9 Å². The zero-order valence-electron chi connectivity index (χ0n) is 17.1. The molecule has 2 aliphatic rings. The minimum absolute atomic E-state index is 0.0523. The number of ether oxygens (including phenoxy) is 2. The van der Waals surface area contributed by atoms with E-state index in [1.54, 1.807) is 20.8 Å². The van der Waals surface area contributed by atoms with Gasteiger partial charge in [0, 0.05) is 5.57 Å². The predicted octanol–water partition coefficient (Wildman–Crippen LogP) is 3.41. The Morgan fingerprint density at radius 1 is 1.23 bits per heavy atom. The molecule has 1 amide bonds. The van der Waals surface area contributed by atoms with Gasteiger partial charge in [-0.15, -0.1) is 0 Å². The normalized spacial score (nSPS) is 21.6. The van der Waals surface area contributed by atoms with E-state index in [0.29, 0.717) is 5.57 Å². The maximum atomic E-state index is 12.3. The van der Waals surface area contributed by atoms with E-state index >= 15 is 0 Å². The van der Waals surface area contributed by atoms with E-state index in [0.717, 1.165) is 10.6 Å². The zero-order valence-corrected chi connectivity index (χ0v) is 18.1. The van der Waals surface area contributed by atoms with Crippen LogP contribution < -0.4 is 0 Å². The van der Waals surface area contributed by atoms with Crippen LogP contribution in [0.2, 0.25) is 18.1 Å². The van der Waals surface area contributed by atoms with Gasteiger partial charge in [-0.05, 0) is 38.9 Å². The van der Waals surface area contributed by atoms with Crippen molar-refractivity contribution >= 4 is 20.4 Å². The number of fused-ring (bicyclic) bond motifs is 1. The molecular weight excluding hydrogens is 354 g/mol. The first kappa shape index (κ1) is 20.9. The topological polar surface area (TPSA) is 74.3 Å². The molecule has 0 radical (unpaired) electrons. The lowest BCUT2D eigenvalue weighted by atomic mass is 10.1. The molecule has 0 aromatic heterocycles. The van der Waals surface area contributed by atoms with E-state index in [-0.39, 0.29) is 24.8 Å². The lowest BCUT2D eigenvalue weighted by Gasteiger charge is -2.36. The molecule has 2 rings (SSSR count). The molecule has 0 N–H and O–H groups in total. The minimum atomic E-state index is -1.98. The van der Waals surface area contributed by atoms with Crippen LogP contribution in [0.4, 0.5) is 4.79 Å². The number of hydroxylamine groups is 2. The van der Waals surface area contributed by atoms with Crippen LogP contribution >= 0.6 is 0 Å². The first-order valence-corrected chi connectivity index (χ1v) is 11.8. The van der Waals surface area contributed by atoms with Crippen molar-refractivity contribution in [3.63, 3.8) is 0 Å². The van der Waals surface area contributed by atoms with E-state index in [1.807, 2.05) is 0 Å². The Morgan fingerprint density at radius 2 is 1.85 bits per heavy atom. The van der Waals surface area contributed by atoms with Gasteiger partial charge >= 0.3 is 12.1 Å². The van der Waals surface area contributed by atoms with Gasteiger partial charge in [-0.3, -0.25) is 4.84 Å². The second kappa shape index (κ2) is 6.98. The summed E-state index contributed by atoms with van der Waals surface area (Å²) in [5, 5.41) is 1.17. The second-order valence-corrected chi connectivity index (χ2v) is 14.1. The number of hydrogen-bond acceptors (Lipinski definition) is 6. The standard InChI is InChI=1S/C18H31NO6Si/c1-17(2,3)25-16(21)19-9-14-12(10-22-19)13(15(20)24-14)11-23-26(7,8)18(4,5)6/h14H,9-11H2,1-8H3. The van der Waals surface area contributed by atoms with Crippen LogP contribution in [0.3, 0.4) is 0 Å². The number of rotatable bonds is 3. The number of carbonyl (C=O) groups is 2. The zero-order chi connectivity index (χ0) is 19.9. The Kier molecular flexibility index (Phi) is 5.61. The molecule has 2 heterocycles. The molecule has 1 unspecified atom stereocenters. The van der Waals surface area contributed by atoms with Crippen LogP contribution in [0, 0.1) is 0 Å². The van der Waals surface area contributed by atoms with Gasteiger partial charge in [0.05, 0.1) is 18.7 Å². The monoisotopic (exact) mass is 385 g/mol. The number of esters is 1. The van der Waals surface area contributed by atoms with E-state index in [9.17, 15) is 9.59 Å². The third-order valence-corrected chi connectivity index (χ3v) is 9.44. The third-order valence-electron chi connectivity index (χ3n) is 4.96. The Labute approximate surface area is 156 Å². The molecule has 0 saturated carbocycles. The summed E-state index contributed by atoms with van der Waals surface area (Å²) in [5.74, 6) is -0.390. The molecule has 1 fully saturated rings. The molecule has 0 bridgehead atoms. The number of hydrogen-bond donors (Lipinski definition) is 0. The van der Waals surface area contributed by atoms with E-state index < -0.39 is 32.1 Å². The largest absolute Gasteiger partial charge is 0.452 e. The fraction of sp³-hybridized carbons (Fsp3) is 0.778. The summed E-state index contributed by atoms with van der Waals surface area (Å²) < 4.78 is 16.9. The first-order chi connectivity index (χ1) is 11.7. The number of amides is 1. The van der Waals surface area contributed by atoms with Crippen molar-refractivity contribution in [2.45, 2.75) is 71.4 Å². The molecular formula is C18H31NO6Si.